The van der Waals surface area contributed by atoms with Crippen LogP contribution in [0.4, 0.5) is 0 Å². The Morgan fingerprint density at radius 2 is 1.83 bits per heavy atom. The third-order valence-corrected chi connectivity index (χ3v) is 2.70. The number of methoxy groups -OCH3 is 2. The molecule has 1 aromatic carbocycles. The summed E-state index contributed by atoms with van der Waals surface area (Å²) in [4.78, 5) is 0. The average Bonchev–Trinajstić information content (AvgIpc) is 2.93. The Morgan fingerprint density at radius 3 is 2.28 bits per heavy atom. The van der Waals surface area contributed by atoms with Crippen molar-refractivity contribution in [2.75, 3.05) is 14.2 Å². The highest BCUT2D eigenvalue weighted by atomic mass is 16.5. The van der Waals surface area contributed by atoms with E-state index in [1.807, 2.05) is 24.3 Å². The van der Waals surface area contributed by atoms with Crippen molar-refractivity contribution in [1.29, 1.82) is 0 Å². The quantitative estimate of drug-likeness (QED) is 0.624. The molecule has 96 valence electrons. The fraction of sp³-hybridized carbons (Fsp3) is 0.231. The lowest BCUT2D eigenvalue weighted by molar-refractivity contribution is 0.390. The molecule has 2 rings (SSSR count). The van der Waals surface area contributed by atoms with Gasteiger partial charge in [0.25, 0.3) is 0 Å². The first-order valence-electron chi connectivity index (χ1n) is 5.51. The predicted octanol–water partition coefficient (Wildman–Crippen LogP) is 1.85. The Morgan fingerprint density at radius 1 is 1.17 bits per heavy atom. The van der Waals surface area contributed by atoms with E-state index in [2.05, 4.69) is 5.43 Å². The molecule has 0 aliphatic rings. The molecular weight excluding hydrogens is 232 g/mol. The number of nitrogens with one attached hydrogen (secondary N) is 1. The lowest BCUT2D eigenvalue weighted by Gasteiger charge is -2.16. The van der Waals surface area contributed by atoms with Crippen LogP contribution >= 0.6 is 0 Å². The van der Waals surface area contributed by atoms with Crippen LogP contribution in [0.3, 0.4) is 0 Å². The Hall–Kier alpha value is -1.98. The van der Waals surface area contributed by atoms with Crippen molar-refractivity contribution in [1.82, 2.24) is 5.43 Å². The molecule has 0 aliphatic carbocycles. The molecule has 2 aromatic rings. The van der Waals surface area contributed by atoms with Gasteiger partial charge in [-0.2, -0.15) is 0 Å². The van der Waals surface area contributed by atoms with Crippen molar-refractivity contribution < 1.29 is 13.9 Å². The van der Waals surface area contributed by atoms with Crippen LogP contribution < -0.4 is 20.7 Å². The third kappa shape index (κ3) is 2.47. The van der Waals surface area contributed by atoms with E-state index in [0.29, 0.717) is 11.5 Å². The van der Waals surface area contributed by atoms with Gasteiger partial charge in [-0.15, -0.1) is 0 Å². The van der Waals surface area contributed by atoms with Crippen LogP contribution in [0.15, 0.2) is 41.0 Å². The monoisotopic (exact) mass is 248 g/mol. The zero-order chi connectivity index (χ0) is 13.0. The third-order valence-electron chi connectivity index (χ3n) is 2.70. The second-order valence-corrected chi connectivity index (χ2v) is 3.76. The van der Waals surface area contributed by atoms with E-state index in [9.17, 15) is 0 Å². The van der Waals surface area contributed by atoms with Crippen molar-refractivity contribution >= 4 is 0 Å². The summed E-state index contributed by atoms with van der Waals surface area (Å²) in [5.41, 5.74) is 3.62. The summed E-state index contributed by atoms with van der Waals surface area (Å²) in [6, 6.07) is 9.00. The van der Waals surface area contributed by atoms with Gasteiger partial charge in [0.05, 0.1) is 20.5 Å². The number of benzene rings is 1. The Balaban J connectivity index is 2.41. The summed E-state index contributed by atoms with van der Waals surface area (Å²) >= 11 is 0. The average molecular weight is 248 g/mol. The number of hydrazine groups is 1. The predicted molar refractivity (Wildman–Crippen MR) is 67.4 cm³/mol. The van der Waals surface area contributed by atoms with Crippen molar-refractivity contribution in [3.05, 3.63) is 47.9 Å². The largest absolute Gasteiger partial charge is 0.497 e. The molecule has 0 spiro atoms. The fourth-order valence-corrected chi connectivity index (χ4v) is 1.79. The number of ether oxygens (including phenoxy) is 2. The van der Waals surface area contributed by atoms with E-state index in [-0.39, 0.29) is 6.04 Å². The minimum absolute atomic E-state index is 0.246. The smallest absolute Gasteiger partial charge is 0.126 e. The van der Waals surface area contributed by atoms with Crippen LogP contribution in [0.2, 0.25) is 0 Å². The summed E-state index contributed by atoms with van der Waals surface area (Å²) in [6.07, 6.45) is 1.61. The number of hydrogen-bond donors (Lipinski definition) is 2. The SMILES string of the molecule is COc1cc(OC)cc(C(NN)c2ccco2)c1. The number of rotatable bonds is 5. The van der Waals surface area contributed by atoms with Crippen molar-refractivity contribution in [2.24, 2.45) is 5.84 Å². The molecule has 1 unspecified atom stereocenters. The molecule has 3 N–H and O–H groups in total. The lowest BCUT2D eigenvalue weighted by Crippen LogP contribution is -2.28. The van der Waals surface area contributed by atoms with E-state index in [1.54, 1.807) is 26.5 Å². The molecule has 1 aromatic heterocycles. The van der Waals surface area contributed by atoms with Crippen LogP contribution in [0.25, 0.3) is 0 Å². The topological polar surface area (TPSA) is 69.7 Å². The first-order valence-corrected chi connectivity index (χ1v) is 5.51. The molecule has 0 aliphatic heterocycles. The second kappa shape index (κ2) is 5.57. The van der Waals surface area contributed by atoms with Gasteiger partial charge in [-0.3, -0.25) is 5.84 Å². The van der Waals surface area contributed by atoms with E-state index in [1.165, 1.54) is 0 Å². The molecule has 1 heterocycles. The Labute approximate surface area is 105 Å². The van der Waals surface area contributed by atoms with Crippen LogP contribution in [-0.2, 0) is 0 Å². The fourth-order valence-electron chi connectivity index (χ4n) is 1.79. The molecular formula is C13H16N2O3. The van der Waals surface area contributed by atoms with E-state index >= 15 is 0 Å². The molecule has 0 bridgehead atoms. The summed E-state index contributed by atoms with van der Waals surface area (Å²) < 4.78 is 15.8. The van der Waals surface area contributed by atoms with Gasteiger partial charge in [-0.1, -0.05) is 0 Å². The number of furan rings is 1. The van der Waals surface area contributed by atoms with E-state index in [0.717, 1.165) is 11.3 Å². The van der Waals surface area contributed by atoms with Gasteiger partial charge in [-0.25, -0.2) is 5.43 Å². The van der Waals surface area contributed by atoms with Crippen molar-refractivity contribution in [3.63, 3.8) is 0 Å². The molecule has 1 atom stereocenters. The van der Waals surface area contributed by atoms with Gasteiger partial charge in [0.15, 0.2) is 0 Å². The minimum atomic E-state index is -0.246. The van der Waals surface area contributed by atoms with Gasteiger partial charge in [-0.05, 0) is 29.8 Å². The standard InChI is InChI=1S/C13H16N2O3/c1-16-10-6-9(7-11(8-10)17-2)13(15-14)12-4-3-5-18-12/h3-8,13,15H,14H2,1-2H3. The summed E-state index contributed by atoms with van der Waals surface area (Å²) in [7, 11) is 3.21. The maximum Gasteiger partial charge on any atom is 0.126 e. The number of hydrogen-bond acceptors (Lipinski definition) is 5. The van der Waals surface area contributed by atoms with E-state index < -0.39 is 0 Å². The van der Waals surface area contributed by atoms with Crippen LogP contribution in [0.5, 0.6) is 11.5 Å². The van der Waals surface area contributed by atoms with E-state index in [4.69, 9.17) is 19.7 Å². The first kappa shape index (κ1) is 12.5. The van der Waals surface area contributed by atoms with Gasteiger partial charge in [0.1, 0.15) is 23.3 Å². The van der Waals surface area contributed by atoms with Gasteiger partial charge < -0.3 is 13.9 Å². The molecule has 0 saturated heterocycles. The van der Waals surface area contributed by atoms with Gasteiger partial charge in [0, 0.05) is 6.07 Å². The Bertz CT molecular complexity index is 475. The van der Waals surface area contributed by atoms with Crippen LogP contribution in [0.1, 0.15) is 17.4 Å². The lowest BCUT2D eigenvalue weighted by atomic mass is 10.0. The normalized spacial score (nSPS) is 12.2. The van der Waals surface area contributed by atoms with Crippen LogP contribution in [-0.4, -0.2) is 14.2 Å². The molecule has 5 heteroatoms. The second-order valence-electron chi connectivity index (χ2n) is 3.76. The van der Waals surface area contributed by atoms with Crippen molar-refractivity contribution in [3.8, 4) is 11.5 Å². The Kier molecular flexibility index (Phi) is 3.86. The highest BCUT2D eigenvalue weighted by molar-refractivity contribution is 5.41. The zero-order valence-corrected chi connectivity index (χ0v) is 10.3. The molecule has 18 heavy (non-hydrogen) atoms. The molecule has 5 nitrogen and oxygen atoms in total. The van der Waals surface area contributed by atoms with Crippen molar-refractivity contribution in [2.45, 2.75) is 6.04 Å². The highest BCUT2D eigenvalue weighted by Gasteiger charge is 2.17. The van der Waals surface area contributed by atoms with Gasteiger partial charge >= 0.3 is 0 Å². The summed E-state index contributed by atoms with van der Waals surface area (Å²) in [6.45, 7) is 0. The minimum Gasteiger partial charge on any atom is -0.497 e. The number of nitrogens with two attached hydrogens (primary N) is 1. The van der Waals surface area contributed by atoms with Gasteiger partial charge in [0.2, 0.25) is 0 Å². The molecule has 0 saturated carbocycles. The van der Waals surface area contributed by atoms with Crippen LogP contribution in [0, 0.1) is 0 Å². The summed E-state index contributed by atoms with van der Waals surface area (Å²) in [5, 5.41) is 0. The first-order chi connectivity index (χ1) is 8.78. The molecule has 0 fully saturated rings. The molecule has 0 amide bonds. The highest BCUT2D eigenvalue weighted by Crippen LogP contribution is 2.29. The maximum absolute atomic E-state index is 5.59. The maximum atomic E-state index is 5.59. The molecule has 0 radical (unpaired) electrons. The summed E-state index contributed by atoms with van der Waals surface area (Å²) in [5.74, 6) is 7.73. The zero-order valence-electron chi connectivity index (χ0n) is 10.3.